The van der Waals surface area contributed by atoms with Gasteiger partial charge in [-0.1, -0.05) is 11.3 Å². The Morgan fingerprint density at radius 3 is 2.77 bits per heavy atom. The second kappa shape index (κ2) is 6.91. The van der Waals surface area contributed by atoms with Crippen LogP contribution in [0.3, 0.4) is 0 Å². The number of piperidine rings is 1. The lowest BCUT2D eigenvalue weighted by Gasteiger charge is -2.22. The molecule has 1 fully saturated rings. The van der Waals surface area contributed by atoms with Gasteiger partial charge in [-0.3, -0.25) is 4.79 Å². The average Bonchev–Trinajstić information content (AvgIpc) is 2.95. The second-order valence-electron chi connectivity index (χ2n) is 5.15. The molecule has 0 bridgehead atoms. The first-order chi connectivity index (χ1) is 10.4. The Balaban J connectivity index is 2.09. The van der Waals surface area contributed by atoms with E-state index in [2.05, 4.69) is 22.2 Å². The van der Waals surface area contributed by atoms with Crippen molar-refractivity contribution in [3.63, 3.8) is 0 Å². The van der Waals surface area contributed by atoms with E-state index in [1.807, 2.05) is 0 Å². The number of carbonyl (C=O) groups excluding carboxylic acids is 1. The van der Waals surface area contributed by atoms with Gasteiger partial charge in [0.05, 0.1) is 12.2 Å². The summed E-state index contributed by atoms with van der Waals surface area (Å²) in [6.45, 7) is 3.52. The van der Waals surface area contributed by atoms with Crippen molar-refractivity contribution in [1.29, 1.82) is 0 Å². The van der Waals surface area contributed by atoms with E-state index < -0.39 is 18.6 Å². The van der Waals surface area contributed by atoms with Crippen molar-refractivity contribution in [1.82, 2.24) is 25.2 Å². The number of hydrogen-bond donors (Lipinski definition) is 1. The molecular formula is C13H18F3N5O. The number of hydrogen-bond acceptors (Lipinski definition) is 4. The minimum Gasteiger partial charge on any atom is -0.324 e. The maximum Gasteiger partial charge on any atom is 0.406 e. The van der Waals surface area contributed by atoms with Crippen LogP contribution >= 0.6 is 0 Å². The highest BCUT2D eigenvalue weighted by Crippen LogP contribution is 2.19. The van der Waals surface area contributed by atoms with Crippen molar-refractivity contribution in [3.8, 4) is 0 Å². The van der Waals surface area contributed by atoms with Crippen molar-refractivity contribution in [2.45, 2.75) is 25.1 Å². The molecule has 0 radical (unpaired) electrons. The molecule has 0 atom stereocenters. The van der Waals surface area contributed by atoms with Crippen LogP contribution < -0.4 is 5.32 Å². The summed E-state index contributed by atoms with van der Waals surface area (Å²) in [5.41, 5.74) is -0.0790. The van der Waals surface area contributed by atoms with E-state index in [0.29, 0.717) is 4.90 Å². The quantitative estimate of drug-likeness (QED) is 0.834. The van der Waals surface area contributed by atoms with E-state index in [0.717, 1.165) is 25.9 Å². The molecule has 1 N–H and O–H groups in total. The first-order valence-corrected chi connectivity index (χ1v) is 7.00. The van der Waals surface area contributed by atoms with Gasteiger partial charge in [0.25, 0.3) is 5.91 Å². The lowest BCUT2D eigenvalue weighted by molar-refractivity contribution is -0.139. The van der Waals surface area contributed by atoms with Gasteiger partial charge < -0.3 is 10.2 Å². The van der Waals surface area contributed by atoms with Crippen LogP contribution in [0.1, 0.15) is 29.4 Å². The third kappa shape index (κ3) is 4.30. The predicted octanol–water partition coefficient (Wildman–Crippen LogP) is 1.39. The summed E-state index contributed by atoms with van der Waals surface area (Å²) in [6, 6.07) is 0.116. The number of alkyl halides is 3. The minimum absolute atomic E-state index is 0.0790. The smallest absolute Gasteiger partial charge is 0.324 e. The van der Waals surface area contributed by atoms with Gasteiger partial charge in [0, 0.05) is 6.54 Å². The molecule has 9 heteroatoms. The summed E-state index contributed by atoms with van der Waals surface area (Å²) >= 11 is 0. The van der Waals surface area contributed by atoms with Gasteiger partial charge in [0.2, 0.25) is 0 Å². The summed E-state index contributed by atoms with van der Waals surface area (Å²) < 4.78 is 39.1. The second-order valence-corrected chi connectivity index (χ2v) is 5.15. The lowest BCUT2D eigenvalue weighted by Crippen LogP contribution is -2.39. The van der Waals surface area contributed by atoms with Gasteiger partial charge in [-0.15, -0.1) is 11.7 Å². The van der Waals surface area contributed by atoms with Crippen molar-refractivity contribution in [2.75, 3.05) is 26.2 Å². The summed E-state index contributed by atoms with van der Waals surface area (Å²) in [5.74, 6) is -0.794. The lowest BCUT2D eigenvalue weighted by atomic mass is 10.1. The molecule has 0 saturated carbocycles. The number of nitrogens with one attached hydrogen (secondary N) is 1. The molecule has 0 aromatic carbocycles. The molecule has 1 aromatic rings. The molecule has 22 heavy (non-hydrogen) atoms. The number of rotatable bonds is 5. The van der Waals surface area contributed by atoms with Gasteiger partial charge in [-0.05, 0) is 25.9 Å². The van der Waals surface area contributed by atoms with Gasteiger partial charge in [0.1, 0.15) is 6.54 Å². The monoisotopic (exact) mass is 317 g/mol. The van der Waals surface area contributed by atoms with Crippen molar-refractivity contribution < 1.29 is 18.0 Å². The molecule has 0 unspecified atom stereocenters. The van der Waals surface area contributed by atoms with E-state index in [9.17, 15) is 18.0 Å². The Bertz CT molecular complexity index is 522. The normalized spacial score (nSPS) is 16.5. The fourth-order valence-corrected chi connectivity index (χ4v) is 2.38. The first kappa shape index (κ1) is 16.5. The molecule has 0 spiro atoms. The van der Waals surface area contributed by atoms with Crippen molar-refractivity contribution >= 4 is 5.91 Å². The number of nitrogens with zero attached hydrogens (tertiary/aromatic N) is 4. The zero-order valence-corrected chi connectivity index (χ0v) is 12.0. The highest BCUT2D eigenvalue weighted by atomic mass is 19.4. The minimum atomic E-state index is -4.47. The SMILES string of the molecule is C=CCN(CC(F)(F)F)C(=O)c1cn(C2CCNCC2)nn1. The molecule has 6 nitrogen and oxygen atoms in total. The molecule has 1 amide bonds. The fraction of sp³-hybridized carbons (Fsp3) is 0.615. The van der Waals surface area contributed by atoms with Crippen LogP contribution in [-0.2, 0) is 0 Å². The highest BCUT2D eigenvalue weighted by Gasteiger charge is 2.33. The summed E-state index contributed by atoms with van der Waals surface area (Å²) in [4.78, 5) is 12.8. The maximum atomic E-state index is 12.5. The molecule has 1 aliphatic rings. The number of aromatic nitrogens is 3. The standard InChI is InChI=1S/C13H18F3N5O/c1-2-7-20(9-13(14,15)16)12(22)11-8-21(19-18-11)10-3-5-17-6-4-10/h2,8,10,17H,1,3-7,9H2. The highest BCUT2D eigenvalue weighted by molar-refractivity contribution is 5.92. The number of halogens is 3. The van der Waals surface area contributed by atoms with Crippen LogP contribution in [0, 0.1) is 0 Å². The Labute approximate surface area is 126 Å². The van der Waals surface area contributed by atoms with Crippen LogP contribution in [0.15, 0.2) is 18.9 Å². The van der Waals surface area contributed by atoms with Crippen LogP contribution in [0.25, 0.3) is 0 Å². The summed E-state index contributed by atoms with van der Waals surface area (Å²) in [6.07, 6.45) is -0.110. The zero-order chi connectivity index (χ0) is 16.2. The van der Waals surface area contributed by atoms with E-state index in [1.54, 1.807) is 4.68 Å². The molecule has 1 aliphatic heterocycles. The molecule has 1 saturated heterocycles. The van der Waals surface area contributed by atoms with Gasteiger partial charge in [-0.2, -0.15) is 13.2 Å². The number of amides is 1. The Hall–Kier alpha value is -1.90. The van der Waals surface area contributed by atoms with E-state index in [-0.39, 0.29) is 18.3 Å². The van der Waals surface area contributed by atoms with Gasteiger partial charge in [-0.25, -0.2) is 4.68 Å². The molecule has 2 heterocycles. The summed E-state index contributed by atoms with van der Waals surface area (Å²) in [5, 5.41) is 10.8. The summed E-state index contributed by atoms with van der Waals surface area (Å²) in [7, 11) is 0. The maximum absolute atomic E-state index is 12.5. The average molecular weight is 317 g/mol. The topological polar surface area (TPSA) is 63.1 Å². The Morgan fingerprint density at radius 2 is 2.18 bits per heavy atom. The van der Waals surface area contributed by atoms with E-state index in [1.165, 1.54) is 12.3 Å². The van der Waals surface area contributed by atoms with Crippen LogP contribution in [0.2, 0.25) is 0 Å². The van der Waals surface area contributed by atoms with Crippen LogP contribution in [0.5, 0.6) is 0 Å². The molecule has 1 aromatic heterocycles. The van der Waals surface area contributed by atoms with E-state index in [4.69, 9.17) is 0 Å². The van der Waals surface area contributed by atoms with Crippen LogP contribution in [0.4, 0.5) is 13.2 Å². The molecule has 122 valence electrons. The number of carbonyl (C=O) groups is 1. The van der Waals surface area contributed by atoms with Gasteiger partial charge in [0.15, 0.2) is 5.69 Å². The third-order valence-electron chi connectivity index (χ3n) is 3.42. The zero-order valence-electron chi connectivity index (χ0n) is 12.0. The van der Waals surface area contributed by atoms with E-state index >= 15 is 0 Å². The largest absolute Gasteiger partial charge is 0.406 e. The fourth-order valence-electron chi connectivity index (χ4n) is 2.38. The molecular weight excluding hydrogens is 299 g/mol. The third-order valence-corrected chi connectivity index (χ3v) is 3.42. The van der Waals surface area contributed by atoms with Crippen molar-refractivity contribution in [3.05, 3.63) is 24.5 Å². The first-order valence-electron chi connectivity index (χ1n) is 7.00. The Morgan fingerprint density at radius 1 is 1.50 bits per heavy atom. The van der Waals surface area contributed by atoms with Gasteiger partial charge >= 0.3 is 6.18 Å². The van der Waals surface area contributed by atoms with Crippen molar-refractivity contribution in [2.24, 2.45) is 0 Å². The molecule has 2 rings (SSSR count). The molecule has 0 aliphatic carbocycles. The predicted molar refractivity (Wildman–Crippen MR) is 73.3 cm³/mol. The Kier molecular flexibility index (Phi) is 5.17. The van der Waals surface area contributed by atoms with Crippen LogP contribution in [-0.4, -0.2) is 58.2 Å².